The molecule has 0 saturated heterocycles. The number of nitrogens with one attached hydrogen (secondary N) is 1. The lowest BCUT2D eigenvalue weighted by atomic mass is 10.00. The summed E-state index contributed by atoms with van der Waals surface area (Å²) in [6.07, 6.45) is 37.0. The van der Waals surface area contributed by atoms with Gasteiger partial charge in [0.25, 0.3) is 0 Å². The predicted octanol–water partition coefficient (Wildman–Crippen LogP) is 8.39. The van der Waals surface area contributed by atoms with Crippen LogP contribution in [0.15, 0.2) is 48.6 Å². The Morgan fingerprint density at radius 1 is 0.545 bits per heavy atom. The van der Waals surface area contributed by atoms with Crippen molar-refractivity contribution in [1.82, 2.24) is 5.32 Å². The van der Waals surface area contributed by atoms with E-state index in [0.717, 1.165) is 51.4 Å². The molecule has 0 saturated carbocycles. The molecule has 0 rings (SSSR count). The lowest BCUT2D eigenvalue weighted by molar-refractivity contribution is -0.132. The standard InChI is InChI=1S/C38H69NO5/c1-3-5-7-9-11-13-15-17-18-19-20-22-23-25-27-29-31-35(41)37(43)34(33-40)39-38(44)36(42)32-30-28-26-24-21-16-14-12-10-8-6-4-2/h11,13,18-19,21,23-25,34-37,40-43H,3-10,12,14-17,20,22,26-33H2,1-2H3,(H,39,44)/b13-11+,19-18+,24-21-,25-23+. The third-order valence-electron chi connectivity index (χ3n) is 7.97. The summed E-state index contributed by atoms with van der Waals surface area (Å²) in [6, 6.07) is -1.02. The minimum absolute atomic E-state index is 0.326. The van der Waals surface area contributed by atoms with Crippen LogP contribution in [-0.4, -0.2) is 57.3 Å². The Labute approximate surface area is 270 Å². The second-order valence-corrected chi connectivity index (χ2v) is 12.2. The van der Waals surface area contributed by atoms with Gasteiger partial charge in [-0.1, -0.05) is 114 Å². The molecule has 0 heterocycles. The first-order chi connectivity index (χ1) is 21.5. The SMILES string of the molecule is CCCCC/C=C/CC/C=C/CC/C=C/CCCC(O)C(O)C(CO)NC(=O)C(O)CCCC/C=C\CCCCCCCC. The molecule has 4 atom stereocenters. The number of unbranched alkanes of at least 4 members (excludes halogenated alkanes) is 14. The Morgan fingerprint density at radius 2 is 0.955 bits per heavy atom. The number of carbonyl (C=O) groups is 1. The zero-order valence-corrected chi connectivity index (χ0v) is 28.4. The third-order valence-corrected chi connectivity index (χ3v) is 7.97. The van der Waals surface area contributed by atoms with Crippen molar-refractivity contribution >= 4 is 5.91 Å². The van der Waals surface area contributed by atoms with E-state index in [2.05, 4.69) is 67.8 Å². The van der Waals surface area contributed by atoms with Crippen LogP contribution in [0.25, 0.3) is 0 Å². The van der Waals surface area contributed by atoms with E-state index in [1.54, 1.807) is 0 Å². The third kappa shape index (κ3) is 26.7. The predicted molar refractivity (Wildman–Crippen MR) is 187 cm³/mol. The maximum atomic E-state index is 12.4. The topological polar surface area (TPSA) is 110 Å². The van der Waals surface area contributed by atoms with E-state index in [-0.39, 0.29) is 0 Å². The van der Waals surface area contributed by atoms with Crippen LogP contribution in [0.2, 0.25) is 0 Å². The Hall–Kier alpha value is -1.73. The van der Waals surface area contributed by atoms with Crippen molar-refractivity contribution in [2.45, 2.75) is 179 Å². The highest BCUT2D eigenvalue weighted by Gasteiger charge is 2.28. The number of aliphatic hydroxyl groups is 4. The smallest absolute Gasteiger partial charge is 0.249 e. The first-order valence-electron chi connectivity index (χ1n) is 18.0. The zero-order valence-electron chi connectivity index (χ0n) is 28.4. The van der Waals surface area contributed by atoms with Gasteiger partial charge in [0.1, 0.15) is 12.2 Å². The largest absolute Gasteiger partial charge is 0.394 e. The molecule has 0 radical (unpaired) electrons. The van der Waals surface area contributed by atoms with Crippen LogP contribution >= 0.6 is 0 Å². The highest BCUT2D eigenvalue weighted by atomic mass is 16.3. The van der Waals surface area contributed by atoms with Crippen LogP contribution in [0.1, 0.15) is 155 Å². The summed E-state index contributed by atoms with van der Waals surface area (Å²) in [7, 11) is 0. The molecule has 44 heavy (non-hydrogen) atoms. The molecule has 4 unspecified atom stereocenters. The molecule has 1 amide bonds. The molecule has 0 fully saturated rings. The number of aliphatic hydroxyl groups excluding tert-OH is 4. The van der Waals surface area contributed by atoms with Gasteiger partial charge < -0.3 is 25.7 Å². The number of hydrogen-bond donors (Lipinski definition) is 5. The van der Waals surface area contributed by atoms with Crippen molar-refractivity contribution in [3.05, 3.63) is 48.6 Å². The fourth-order valence-corrected chi connectivity index (χ4v) is 5.02. The van der Waals surface area contributed by atoms with Crippen LogP contribution in [-0.2, 0) is 4.79 Å². The summed E-state index contributed by atoms with van der Waals surface area (Å²) in [6.45, 7) is 3.95. The fraction of sp³-hybridized carbons (Fsp3) is 0.763. The molecule has 5 N–H and O–H groups in total. The minimum atomic E-state index is -1.30. The van der Waals surface area contributed by atoms with Crippen molar-refractivity contribution < 1.29 is 25.2 Å². The van der Waals surface area contributed by atoms with Crippen molar-refractivity contribution in [2.75, 3.05) is 6.61 Å². The molecule has 0 spiro atoms. The summed E-state index contributed by atoms with van der Waals surface area (Å²) in [5.74, 6) is -0.621. The summed E-state index contributed by atoms with van der Waals surface area (Å²) in [5, 5.41) is 43.3. The molecule has 0 aromatic heterocycles. The molecule has 256 valence electrons. The molecule has 6 heteroatoms. The highest BCUT2D eigenvalue weighted by Crippen LogP contribution is 2.12. The van der Waals surface area contributed by atoms with Crippen LogP contribution in [0.4, 0.5) is 0 Å². The number of amides is 1. The molecule has 0 aromatic rings. The Balaban J connectivity index is 3.98. The normalized spacial score (nSPS) is 15.1. The number of hydrogen-bond acceptors (Lipinski definition) is 5. The van der Waals surface area contributed by atoms with Gasteiger partial charge in [-0.3, -0.25) is 4.79 Å². The monoisotopic (exact) mass is 620 g/mol. The van der Waals surface area contributed by atoms with Gasteiger partial charge in [-0.25, -0.2) is 0 Å². The minimum Gasteiger partial charge on any atom is -0.394 e. The van der Waals surface area contributed by atoms with E-state index < -0.39 is 36.9 Å². The van der Waals surface area contributed by atoms with Gasteiger partial charge in [0.15, 0.2) is 0 Å². The number of rotatable bonds is 31. The second kappa shape index (κ2) is 32.7. The van der Waals surface area contributed by atoms with E-state index in [9.17, 15) is 25.2 Å². The maximum absolute atomic E-state index is 12.4. The van der Waals surface area contributed by atoms with Crippen LogP contribution in [0.5, 0.6) is 0 Å². The first kappa shape index (κ1) is 42.3. The van der Waals surface area contributed by atoms with Gasteiger partial charge in [-0.2, -0.15) is 0 Å². The molecular weight excluding hydrogens is 550 g/mol. The van der Waals surface area contributed by atoms with Crippen LogP contribution in [0, 0.1) is 0 Å². The number of carbonyl (C=O) groups excluding carboxylic acids is 1. The molecule has 6 nitrogen and oxygen atoms in total. The highest BCUT2D eigenvalue weighted by molar-refractivity contribution is 5.80. The maximum Gasteiger partial charge on any atom is 0.249 e. The van der Waals surface area contributed by atoms with Gasteiger partial charge in [-0.15, -0.1) is 0 Å². The Kier molecular flexibility index (Phi) is 31.4. The van der Waals surface area contributed by atoms with Gasteiger partial charge in [0, 0.05) is 0 Å². The molecule has 0 aliphatic rings. The van der Waals surface area contributed by atoms with E-state index in [4.69, 9.17) is 0 Å². The molecule has 0 bridgehead atoms. The van der Waals surface area contributed by atoms with E-state index in [1.807, 2.05) is 0 Å². The lowest BCUT2D eigenvalue weighted by Gasteiger charge is -2.27. The zero-order chi connectivity index (χ0) is 32.5. The molecule has 0 aliphatic carbocycles. The van der Waals surface area contributed by atoms with Gasteiger partial charge in [0.2, 0.25) is 5.91 Å². The Morgan fingerprint density at radius 3 is 1.48 bits per heavy atom. The second-order valence-electron chi connectivity index (χ2n) is 12.2. The first-order valence-corrected chi connectivity index (χ1v) is 18.0. The van der Waals surface area contributed by atoms with Crippen molar-refractivity contribution in [2.24, 2.45) is 0 Å². The van der Waals surface area contributed by atoms with Crippen molar-refractivity contribution in [3.8, 4) is 0 Å². The average Bonchev–Trinajstić information content (AvgIpc) is 3.03. The molecule has 0 aliphatic heterocycles. The van der Waals surface area contributed by atoms with Gasteiger partial charge >= 0.3 is 0 Å². The van der Waals surface area contributed by atoms with E-state index in [1.165, 1.54) is 64.2 Å². The van der Waals surface area contributed by atoms with E-state index >= 15 is 0 Å². The fourth-order valence-electron chi connectivity index (χ4n) is 5.02. The van der Waals surface area contributed by atoms with Crippen LogP contribution in [0.3, 0.4) is 0 Å². The molecule has 0 aromatic carbocycles. The van der Waals surface area contributed by atoms with E-state index in [0.29, 0.717) is 25.7 Å². The molecular formula is C38H69NO5. The summed E-state index contributed by atoms with van der Waals surface area (Å²) < 4.78 is 0. The van der Waals surface area contributed by atoms with Gasteiger partial charge in [0.05, 0.1) is 18.8 Å². The van der Waals surface area contributed by atoms with Crippen LogP contribution < -0.4 is 5.32 Å². The van der Waals surface area contributed by atoms with Crippen molar-refractivity contribution in [3.63, 3.8) is 0 Å². The number of allylic oxidation sites excluding steroid dienone is 8. The summed E-state index contributed by atoms with van der Waals surface area (Å²) in [4.78, 5) is 12.4. The van der Waals surface area contributed by atoms with Crippen molar-refractivity contribution in [1.29, 1.82) is 0 Å². The quantitative estimate of drug-likeness (QED) is 0.0395. The lowest BCUT2D eigenvalue weighted by Crippen LogP contribution is -2.53. The Bertz CT molecular complexity index is 748. The average molecular weight is 620 g/mol. The summed E-state index contributed by atoms with van der Waals surface area (Å²) >= 11 is 0. The van der Waals surface area contributed by atoms with Gasteiger partial charge in [-0.05, 0) is 89.9 Å². The summed E-state index contributed by atoms with van der Waals surface area (Å²) in [5.41, 5.74) is 0.